The average Bonchev–Trinajstić information content (AvgIpc) is 2.71. The standard InChI is InChI=1S/C17H25ClO3/c1-9-7-14(19-5)15(20-6)8-13(9)17(18)16-10(2)11(3)21-12(16)4/h7-8,10-12,16-17H,1-6H3. The van der Waals surface area contributed by atoms with Crippen LogP contribution in [0.3, 0.4) is 0 Å². The normalized spacial score (nSPS) is 30.2. The number of benzene rings is 1. The molecule has 0 amide bonds. The summed E-state index contributed by atoms with van der Waals surface area (Å²) in [7, 11) is 3.29. The third kappa shape index (κ3) is 3.00. The molecule has 0 aliphatic carbocycles. The Morgan fingerprint density at radius 2 is 1.62 bits per heavy atom. The Hall–Kier alpha value is -0.930. The Morgan fingerprint density at radius 3 is 2.10 bits per heavy atom. The number of hydrogen-bond acceptors (Lipinski definition) is 3. The van der Waals surface area contributed by atoms with Crippen LogP contribution in [0.4, 0.5) is 0 Å². The van der Waals surface area contributed by atoms with Crippen molar-refractivity contribution < 1.29 is 14.2 Å². The Bertz CT molecular complexity index is 503. The number of hydrogen-bond donors (Lipinski definition) is 0. The molecule has 4 heteroatoms. The largest absolute Gasteiger partial charge is 0.493 e. The minimum atomic E-state index is -0.0974. The van der Waals surface area contributed by atoms with Gasteiger partial charge in [-0.05, 0) is 49.9 Å². The van der Waals surface area contributed by atoms with Crippen LogP contribution in [0, 0.1) is 18.8 Å². The number of rotatable bonds is 4. The molecule has 0 N–H and O–H groups in total. The van der Waals surface area contributed by atoms with Crippen molar-refractivity contribution in [2.75, 3.05) is 14.2 Å². The van der Waals surface area contributed by atoms with Crippen LogP contribution in [0.25, 0.3) is 0 Å². The first-order valence-electron chi connectivity index (χ1n) is 7.42. The molecule has 5 unspecified atom stereocenters. The summed E-state index contributed by atoms with van der Waals surface area (Å²) in [5, 5.41) is -0.0974. The van der Waals surface area contributed by atoms with Gasteiger partial charge in [0, 0.05) is 5.92 Å². The van der Waals surface area contributed by atoms with Gasteiger partial charge in [-0.25, -0.2) is 0 Å². The molecular weight excluding hydrogens is 288 g/mol. The van der Waals surface area contributed by atoms with Crippen LogP contribution < -0.4 is 9.47 Å². The van der Waals surface area contributed by atoms with E-state index in [1.165, 1.54) is 0 Å². The summed E-state index contributed by atoms with van der Waals surface area (Å²) in [5.74, 6) is 2.17. The summed E-state index contributed by atoms with van der Waals surface area (Å²) in [6.45, 7) is 8.49. The zero-order chi connectivity index (χ0) is 15.7. The van der Waals surface area contributed by atoms with E-state index in [4.69, 9.17) is 25.8 Å². The summed E-state index contributed by atoms with van der Waals surface area (Å²) >= 11 is 6.82. The molecule has 1 aliphatic rings. The molecule has 21 heavy (non-hydrogen) atoms. The second-order valence-electron chi connectivity index (χ2n) is 5.95. The maximum Gasteiger partial charge on any atom is 0.161 e. The first-order chi connectivity index (χ1) is 9.90. The number of halogens is 1. The van der Waals surface area contributed by atoms with E-state index >= 15 is 0 Å². The van der Waals surface area contributed by atoms with Gasteiger partial charge in [0.25, 0.3) is 0 Å². The fourth-order valence-corrected chi connectivity index (χ4v) is 3.97. The van der Waals surface area contributed by atoms with Crippen LogP contribution in [-0.2, 0) is 4.74 Å². The van der Waals surface area contributed by atoms with Crippen molar-refractivity contribution in [3.05, 3.63) is 23.3 Å². The van der Waals surface area contributed by atoms with Gasteiger partial charge in [-0.2, -0.15) is 0 Å². The van der Waals surface area contributed by atoms with Gasteiger partial charge in [-0.1, -0.05) is 6.92 Å². The molecule has 2 rings (SSSR count). The second kappa shape index (κ2) is 6.45. The van der Waals surface area contributed by atoms with E-state index in [0.717, 1.165) is 22.6 Å². The lowest BCUT2D eigenvalue weighted by atomic mass is 9.83. The van der Waals surface area contributed by atoms with Crippen molar-refractivity contribution in [2.24, 2.45) is 11.8 Å². The lowest BCUT2D eigenvalue weighted by molar-refractivity contribution is 0.0508. The van der Waals surface area contributed by atoms with Crippen molar-refractivity contribution in [1.29, 1.82) is 0 Å². The van der Waals surface area contributed by atoms with E-state index in [9.17, 15) is 0 Å². The summed E-state index contributed by atoms with van der Waals surface area (Å²) in [6.07, 6.45) is 0.400. The van der Waals surface area contributed by atoms with Gasteiger partial charge in [0.15, 0.2) is 11.5 Å². The average molecular weight is 313 g/mol. The third-order valence-corrected chi connectivity index (χ3v) is 5.25. The number of alkyl halides is 1. The Labute approximate surface area is 132 Å². The van der Waals surface area contributed by atoms with Crippen LogP contribution >= 0.6 is 11.6 Å². The summed E-state index contributed by atoms with van der Waals surface area (Å²) in [6, 6.07) is 3.98. The van der Waals surface area contributed by atoms with Crippen LogP contribution in [0.5, 0.6) is 11.5 Å². The number of ether oxygens (including phenoxy) is 3. The minimum Gasteiger partial charge on any atom is -0.493 e. The molecule has 1 fully saturated rings. The van der Waals surface area contributed by atoms with E-state index in [0.29, 0.717) is 11.8 Å². The fourth-order valence-electron chi connectivity index (χ4n) is 3.30. The zero-order valence-electron chi connectivity index (χ0n) is 13.6. The minimum absolute atomic E-state index is 0.0974. The van der Waals surface area contributed by atoms with Gasteiger partial charge in [0.05, 0.1) is 31.8 Å². The summed E-state index contributed by atoms with van der Waals surface area (Å²) < 4.78 is 16.7. The van der Waals surface area contributed by atoms with Gasteiger partial charge in [-0.15, -0.1) is 11.6 Å². The predicted molar refractivity (Wildman–Crippen MR) is 85.5 cm³/mol. The van der Waals surface area contributed by atoms with E-state index in [1.807, 2.05) is 12.1 Å². The van der Waals surface area contributed by atoms with Crippen molar-refractivity contribution in [2.45, 2.75) is 45.3 Å². The molecule has 3 nitrogen and oxygen atoms in total. The molecule has 1 saturated heterocycles. The molecule has 5 atom stereocenters. The van der Waals surface area contributed by atoms with Gasteiger partial charge in [0.2, 0.25) is 0 Å². The number of methoxy groups -OCH3 is 2. The third-order valence-electron chi connectivity index (χ3n) is 4.73. The quantitative estimate of drug-likeness (QED) is 0.774. The van der Waals surface area contributed by atoms with Gasteiger partial charge >= 0.3 is 0 Å². The van der Waals surface area contributed by atoms with Crippen LogP contribution in [0.15, 0.2) is 12.1 Å². The molecular formula is C17H25ClO3. The molecule has 1 aliphatic heterocycles. The molecule has 0 radical (unpaired) electrons. The van der Waals surface area contributed by atoms with Crippen molar-refractivity contribution >= 4 is 11.6 Å². The molecule has 0 aromatic heterocycles. The van der Waals surface area contributed by atoms with Crippen LogP contribution in [-0.4, -0.2) is 26.4 Å². The molecule has 1 aromatic carbocycles. The smallest absolute Gasteiger partial charge is 0.161 e. The first-order valence-corrected chi connectivity index (χ1v) is 7.86. The second-order valence-corrected chi connectivity index (χ2v) is 6.42. The highest BCUT2D eigenvalue weighted by molar-refractivity contribution is 6.21. The van der Waals surface area contributed by atoms with Gasteiger partial charge in [-0.3, -0.25) is 0 Å². The maximum atomic E-state index is 6.82. The highest BCUT2D eigenvalue weighted by atomic mass is 35.5. The first kappa shape index (κ1) is 16.4. The van der Waals surface area contributed by atoms with E-state index in [-0.39, 0.29) is 17.6 Å². The van der Waals surface area contributed by atoms with Gasteiger partial charge in [0.1, 0.15) is 0 Å². The monoisotopic (exact) mass is 312 g/mol. The Morgan fingerprint density at radius 1 is 1.05 bits per heavy atom. The van der Waals surface area contributed by atoms with Crippen LogP contribution in [0.2, 0.25) is 0 Å². The van der Waals surface area contributed by atoms with Crippen molar-refractivity contribution in [3.63, 3.8) is 0 Å². The van der Waals surface area contributed by atoms with E-state index in [1.54, 1.807) is 14.2 Å². The Balaban J connectivity index is 2.37. The highest BCUT2D eigenvalue weighted by Crippen LogP contribution is 2.46. The lowest BCUT2D eigenvalue weighted by Gasteiger charge is -2.26. The number of aryl methyl sites for hydroxylation is 1. The molecule has 1 aromatic rings. The molecule has 0 spiro atoms. The molecule has 1 heterocycles. The lowest BCUT2D eigenvalue weighted by Crippen LogP contribution is -2.22. The zero-order valence-corrected chi connectivity index (χ0v) is 14.4. The predicted octanol–water partition coefficient (Wildman–Crippen LogP) is 4.35. The summed E-state index contributed by atoms with van der Waals surface area (Å²) in [5.41, 5.74) is 2.21. The maximum absolute atomic E-state index is 6.82. The highest BCUT2D eigenvalue weighted by Gasteiger charge is 2.42. The van der Waals surface area contributed by atoms with Crippen molar-refractivity contribution in [1.82, 2.24) is 0 Å². The van der Waals surface area contributed by atoms with E-state index in [2.05, 4.69) is 27.7 Å². The molecule has 118 valence electrons. The van der Waals surface area contributed by atoms with Gasteiger partial charge < -0.3 is 14.2 Å². The fraction of sp³-hybridized carbons (Fsp3) is 0.647. The van der Waals surface area contributed by atoms with E-state index < -0.39 is 0 Å². The molecule has 0 bridgehead atoms. The summed E-state index contributed by atoms with van der Waals surface area (Å²) in [4.78, 5) is 0. The van der Waals surface area contributed by atoms with Crippen LogP contribution in [0.1, 0.15) is 37.3 Å². The molecule has 0 saturated carbocycles. The SMILES string of the molecule is COc1cc(C)c(C(Cl)C2C(C)OC(C)C2C)cc1OC. The Kier molecular flexibility index (Phi) is 5.05. The topological polar surface area (TPSA) is 27.7 Å². The van der Waals surface area contributed by atoms with Crippen molar-refractivity contribution in [3.8, 4) is 11.5 Å².